The van der Waals surface area contributed by atoms with Gasteiger partial charge in [0.25, 0.3) is 0 Å². The molecule has 1 aliphatic heterocycles. The molecule has 0 amide bonds. The minimum atomic E-state index is -3.98. The molecule has 0 unspecified atom stereocenters. The fourth-order valence-corrected chi connectivity index (χ4v) is 5.82. The van der Waals surface area contributed by atoms with E-state index in [-0.39, 0.29) is 36.3 Å². The van der Waals surface area contributed by atoms with E-state index in [9.17, 15) is 21.9 Å². The lowest BCUT2D eigenvalue weighted by Crippen LogP contribution is -2.50. The van der Waals surface area contributed by atoms with Crippen molar-refractivity contribution in [2.45, 2.75) is 30.9 Å². The Kier molecular flexibility index (Phi) is 8.06. The Morgan fingerprint density at radius 2 is 1.82 bits per heavy atom. The molecule has 8 nitrogen and oxygen atoms in total. The lowest BCUT2D eigenvalue weighted by molar-refractivity contribution is 0.0905. The van der Waals surface area contributed by atoms with E-state index in [2.05, 4.69) is 11.8 Å². The summed E-state index contributed by atoms with van der Waals surface area (Å²) in [6, 6.07) is 13.3. The van der Waals surface area contributed by atoms with Crippen LogP contribution < -0.4 is 4.74 Å². The van der Waals surface area contributed by atoms with Gasteiger partial charge in [-0.05, 0) is 37.3 Å². The van der Waals surface area contributed by atoms with Gasteiger partial charge in [-0.3, -0.25) is 0 Å². The van der Waals surface area contributed by atoms with Crippen LogP contribution in [0.4, 0.5) is 0 Å². The fourth-order valence-electron chi connectivity index (χ4n) is 3.58. The number of likely N-dealkylation sites (N-methyl/N-ethyl adjacent to an activating group) is 1. The monoisotopic (exact) mass is 506 g/mol. The van der Waals surface area contributed by atoms with Crippen LogP contribution in [-0.4, -0.2) is 75.7 Å². The first-order chi connectivity index (χ1) is 15.9. The molecular formula is C24H30N2O6S2. The Morgan fingerprint density at radius 1 is 1.18 bits per heavy atom. The van der Waals surface area contributed by atoms with Crippen LogP contribution in [0.25, 0.3) is 0 Å². The predicted molar refractivity (Wildman–Crippen MR) is 130 cm³/mol. The van der Waals surface area contributed by atoms with Crippen LogP contribution in [-0.2, 0) is 20.0 Å². The van der Waals surface area contributed by atoms with Crippen LogP contribution in [0.2, 0.25) is 0 Å². The third-order valence-corrected chi connectivity index (χ3v) is 9.10. The molecule has 184 valence electrons. The highest BCUT2D eigenvalue weighted by Crippen LogP contribution is 2.34. The minimum Gasteiger partial charge on any atom is -0.487 e. The maximum Gasteiger partial charge on any atom is 0.247 e. The summed E-state index contributed by atoms with van der Waals surface area (Å²) in [6.45, 7) is 3.19. The summed E-state index contributed by atoms with van der Waals surface area (Å²) >= 11 is 0. The van der Waals surface area contributed by atoms with E-state index in [4.69, 9.17) is 4.74 Å². The standard InChI is InChI=1S/C24H30N2O6S2/c1-18-15-26(19(2)17-27)34(30,31)24-13-12-21(11-10-20-8-6-5-7-9-20)14-22(24)32-23(18)16-25(3)33(4,28)29/h5-9,12-14,18-19,23,27H,15-17H2,1-4H3/t18-,19+,23-/m0/s1. The van der Waals surface area contributed by atoms with E-state index in [0.29, 0.717) is 5.56 Å². The van der Waals surface area contributed by atoms with Gasteiger partial charge in [0.15, 0.2) is 0 Å². The third kappa shape index (κ3) is 5.98. The number of nitrogens with zero attached hydrogens (tertiary/aromatic N) is 2. The molecule has 0 saturated carbocycles. The van der Waals surface area contributed by atoms with Crippen LogP contribution in [0, 0.1) is 17.8 Å². The lowest BCUT2D eigenvalue weighted by Gasteiger charge is -2.37. The van der Waals surface area contributed by atoms with Gasteiger partial charge in [0.2, 0.25) is 20.0 Å². The van der Waals surface area contributed by atoms with E-state index >= 15 is 0 Å². The zero-order chi connectivity index (χ0) is 25.1. The van der Waals surface area contributed by atoms with Gasteiger partial charge in [-0.1, -0.05) is 37.0 Å². The number of hydrogen-bond donors (Lipinski definition) is 1. The number of ether oxygens (including phenoxy) is 1. The van der Waals surface area contributed by atoms with Crippen LogP contribution >= 0.6 is 0 Å². The number of benzene rings is 2. The molecule has 1 heterocycles. The van der Waals surface area contributed by atoms with E-state index in [1.165, 1.54) is 21.7 Å². The van der Waals surface area contributed by atoms with Gasteiger partial charge in [0.1, 0.15) is 16.7 Å². The van der Waals surface area contributed by atoms with Crippen LogP contribution in [0.1, 0.15) is 25.0 Å². The van der Waals surface area contributed by atoms with Gasteiger partial charge >= 0.3 is 0 Å². The zero-order valence-electron chi connectivity index (χ0n) is 19.7. The van der Waals surface area contributed by atoms with Gasteiger partial charge in [-0.15, -0.1) is 0 Å². The summed E-state index contributed by atoms with van der Waals surface area (Å²) in [7, 11) is -6.00. The smallest absolute Gasteiger partial charge is 0.247 e. The number of fused-ring (bicyclic) bond motifs is 1. The lowest BCUT2D eigenvalue weighted by atomic mass is 10.0. The Balaban J connectivity index is 2.09. The van der Waals surface area contributed by atoms with Gasteiger partial charge in [0, 0.05) is 36.7 Å². The van der Waals surface area contributed by atoms with Crippen molar-refractivity contribution in [3.8, 4) is 17.6 Å². The molecule has 0 bridgehead atoms. The Labute approximate surface area is 202 Å². The topological polar surface area (TPSA) is 104 Å². The highest BCUT2D eigenvalue weighted by Gasteiger charge is 2.38. The number of sulfonamides is 2. The number of rotatable bonds is 5. The van der Waals surface area contributed by atoms with Crippen molar-refractivity contribution < 1.29 is 26.7 Å². The molecule has 10 heteroatoms. The molecular weight excluding hydrogens is 476 g/mol. The van der Waals surface area contributed by atoms with Crippen molar-refractivity contribution in [2.24, 2.45) is 5.92 Å². The molecule has 3 rings (SSSR count). The Hall–Kier alpha value is -2.42. The van der Waals surface area contributed by atoms with Crippen molar-refractivity contribution in [3.05, 3.63) is 59.7 Å². The maximum absolute atomic E-state index is 13.5. The van der Waals surface area contributed by atoms with Crippen molar-refractivity contribution in [1.29, 1.82) is 0 Å². The third-order valence-electron chi connectivity index (χ3n) is 5.80. The predicted octanol–water partition coefficient (Wildman–Crippen LogP) is 1.75. The van der Waals surface area contributed by atoms with E-state index in [1.54, 1.807) is 26.0 Å². The average molecular weight is 507 g/mol. The van der Waals surface area contributed by atoms with Crippen molar-refractivity contribution >= 4 is 20.0 Å². The summed E-state index contributed by atoms with van der Waals surface area (Å²) in [5.41, 5.74) is 1.37. The first-order valence-electron chi connectivity index (χ1n) is 10.8. The van der Waals surface area contributed by atoms with E-state index in [0.717, 1.165) is 11.8 Å². The maximum atomic E-state index is 13.5. The van der Waals surface area contributed by atoms with E-state index in [1.807, 2.05) is 30.3 Å². The molecule has 0 aliphatic carbocycles. The van der Waals surface area contributed by atoms with Crippen molar-refractivity contribution in [1.82, 2.24) is 8.61 Å². The summed E-state index contributed by atoms with van der Waals surface area (Å²) in [5, 5.41) is 9.71. The highest BCUT2D eigenvalue weighted by atomic mass is 32.2. The molecule has 0 aromatic heterocycles. The molecule has 1 N–H and O–H groups in total. The summed E-state index contributed by atoms with van der Waals surface area (Å²) < 4.78 is 59.6. The first kappa shape index (κ1) is 26.2. The normalized spacial score (nSPS) is 21.4. The first-order valence-corrected chi connectivity index (χ1v) is 14.1. The van der Waals surface area contributed by atoms with Crippen molar-refractivity contribution in [2.75, 3.05) is 33.0 Å². The summed E-state index contributed by atoms with van der Waals surface area (Å²) in [6.07, 6.45) is 0.482. The largest absolute Gasteiger partial charge is 0.487 e. The fraction of sp³-hybridized carbons (Fsp3) is 0.417. The van der Waals surface area contributed by atoms with E-state index < -0.39 is 32.2 Å². The molecule has 34 heavy (non-hydrogen) atoms. The summed E-state index contributed by atoms with van der Waals surface area (Å²) in [4.78, 5) is -0.0445. The molecule has 0 spiro atoms. The molecule has 1 aliphatic rings. The van der Waals surface area contributed by atoms with Crippen LogP contribution in [0.5, 0.6) is 5.75 Å². The highest BCUT2D eigenvalue weighted by molar-refractivity contribution is 7.89. The van der Waals surface area contributed by atoms with Crippen LogP contribution in [0.3, 0.4) is 0 Å². The molecule has 2 aromatic rings. The SMILES string of the molecule is C[C@H](CO)N1C[C@H](C)[C@H](CN(C)S(C)(=O)=O)Oc2cc(C#Cc3ccccc3)ccc2S1(=O)=O. The second-order valence-corrected chi connectivity index (χ2v) is 12.5. The second kappa shape index (κ2) is 10.5. The van der Waals surface area contributed by atoms with Gasteiger partial charge in [0.05, 0.1) is 19.4 Å². The zero-order valence-corrected chi connectivity index (χ0v) is 21.3. The average Bonchev–Trinajstić information content (AvgIpc) is 2.79. The Bertz CT molecular complexity index is 1280. The molecule has 0 saturated heterocycles. The molecule has 3 atom stereocenters. The van der Waals surface area contributed by atoms with Crippen molar-refractivity contribution in [3.63, 3.8) is 0 Å². The molecule has 2 aromatic carbocycles. The minimum absolute atomic E-state index is 0.0424. The van der Waals surface area contributed by atoms with Gasteiger partial charge < -0.3 is 9.84 Å². The van der Waals surface area contributed by atoms with Crippen LogP contribution in [0.15, 0.2) is 53.4 Å². The quantitative estimate of drug-likeness (QED) is 0.620. The number of aliphatic hydroxyl groups is 1. The van der Waals surface area contributed by atoms with Gasteiger partial charge in [-0.25, -0.2) is 21.1 Å². The summed E-state index contributed by atoms with van der Waals surface area (Å²) in [5.74, 6) is 5.81. The van der Waals surface area contributed by atoms with Gasteiger partial charge in [-0.2, -0.15) is 4.31 Å². The number of aliphatic hydroxyl groups excluding tert-OH is 1. The second-order valence-electron chi connectivity index (χ2n) is 8.56. The molecule has 0 radical (unpaired) electrons. The Morgan fingerprint density at radius 3 is 2.44 bits per heavy atom. The molecule has 0 fully saturated rings. The number of hydrogen-bond acceptors (Lipinski definition) is 6.